The highest BCUT2D eigenvalue weighted by Crippen LogP contribution is 2.25. The summed E-state index contributed by atoms with van der Waals surface area (Å²) < 4.78 is 26.5. The monoisotopic (exact) mass is 197 g/mol. The van der Waals surface area contributed by atoms with E-state index in [0.29, 0.717) is 18.4 Å². The summed E-state index contributed by atoms with van der Waals surface area (Å²) in [6.45, 7) is 3.56. The van der Waals surface area contributed by atoms with Crippen molar-refractivity contribution in [2.45, 2.75) is 31.6 Å². The summed E-state index contributed by atoms with van der Waals surface area (Å²) in [5.74, 6) is -2.58. The zero-order chi connectivity index (χ0) is 10.4. The molecule has 0 bridgehead atoms. The predicted molar refractivity (Wildman–Crippen MR) is 54.3 cm³/mol. The van der Waals surface area contributed by atoms with E-state index in [-0.39, 0.29) is 12.8 Å². The average molecular weight is 197 g/mol. The molecule has 0 heterocycles. The maximum absolute atomic E-state index is 13.3. The molecule has 77 valence electrons. The lowest BCUT2D eigenvalue weighted by atomic mass is 10.0. The number of benzene rings is 1. The number of hydrogen-bond acceptors (Lipinski definition) is 0. The van der Waals surface area contributed by atoms with Crippen molar-refractivity contribution in [2.75, 3.05) is 0 Å². The van der Waals surface area contributed by atoms with Crippen LogP contribution in [0.1, 0.15) is 24.8 Å². The van der Waals surface area contributed by atoms with Crippen molar-refractivity contribution in [3.8, 4) is 0 Å². The van der Waals surface area contributed by atoms with Crippen molar-refractivity contribution in [1.29, 1.82) is 0 Å². The van der Waals surface area contributed by atoms with Crippen molar-refractivity contribution in [3.05, 3.63) is 42.8 Å². The van der Waals surface area contributed by atoms with Crippen molar-refractivity contribution in [2.24, 2.45) is 0 Å². The van der Waals surface area contributed by atoms with Crippen LogP contribution >= 0.6 is 0 Å². The predicted octanol–water partition coefficient (Wildman–Crippen LogP) is 3.87. The van der Waals surface area contributed by atoms with Gasteiger partial charge >= 0.3 is 0 Å². The normalized spacial score (nSPS) is 11.6. The van der Waals surface area contributed by atoms with Gasteiger partial charge in [-0.05, 0) is 12.0 Å². The standard InChI is InChI=1S/C12H15F2/c1-2-3-9-12(13,14)10-11-7-5-4-6-8-11/h4-8H,1-3,9-10H2. The number of halogens is 2. The first-order chi connectivity index (χ1) is 6.64. The van der Waals surface area contributed by atoms with Gasteiger partial charge < -0.3 is 0 Å². The van der Waals surface area contributed by atoms with Crippen molar-refractivity contribution in [1.82, 2.24) is 0 Å². The molecule has 0 saturated heterocycles. The van der Waals surface area contributed by atoms with Gasteiger partial charge in [0.05, 0.1) is 0 Å². The van der Waals surface area contributed by atoms with E-state index in [0.717, 1.165) is 0 Å². The Morgan fingerprint density at radius 3 is 2.36 bits per heavy atom. The van der Waals surface area contributed by atoms with E-state index in [1.165, 1.54) is 0 Å². The smallest absolute Gasteiger partial charge is 0.207 e. The Balaban J connectivity index is 2.50. The molecule has 1 rings (SSSR count). The maximum atomic E-state index is 13.3. The molecular weight excluding hydrogens is 182 g/mol. The topological polar surface area (TPSA) is 0 Å². The third kappa shape index (κ3) is 3.86. The van der Waals surface area contributed by atoms with Crippen LogP contribution in [0.15, 0.2) is 30.3 Å². The molecule has 0 aromatic heterocycles. The van der Waals surface area contributed by atoms with E-state index in [9.17, 15) is 8.78 Å². The molecule has 1 aromatic rings. The molecule has 0 atom stereocenters. The molecule has 0 saturated carbocycles. The number of rotatable bonds is 5. The molecule has 0 nitrogen and oxygen atoms in total. The van der Waals surface area contributed by atoms with Crippen LogP contribution in [0, 0.1) is 6.92 Å². The Bertz CT molecular complexity index is 254. The Labute approximate surface area is 84.0 Å². The minimum Gasteiger partial charge on any atom is -0.207 e. The van der Waals surface area contributed by atoms with Gasteiger partial charge in [-0.15, -0.1) is 0 Å². The van der Waals surface area contributed by atoms with E-state index >= 15 is 0 Å². The second kappa shape index (κ2) is 5.08. The summed E-state index contributed by atoms with van der Waals surface area (Å²) in [4.78, 5) is 0. The number of unbranched alkanes of at least 4 members (excludes halogenated alkanes) is 1. The molecule has 0 aliphatic heterocycles. The fourth-order valence-corrected chi connectivity index (χ4v) is 1.37. The van der Waals surface area contributed by atoms with E-state index in [4.69, 9.17) is 0 Å². The van der Waals surface area contributed by atoms with Crippen LogP contribution in [0.5, 0.6) is 0 Å². The van der Waals surface area contributed by atoms with E-state index < -0.39 is 5.92 Å². The van der Waals surface area contributed by atoms with Gasteiger partial charge in [0.2, 0.25) is 0 Å². The average Bonchev–Trinajstić information content (AvgIpc) is 2.16. The maximum Gasteiger partial charge on any atom is 0.252 e. The molecule has 0 amide bonds. The van der Waals surface area contributed by atoms with Crippen molar-refractivity contribution < 1.29 is 8.78 Å². The van der Waals surface area contributed by atoms with Gasteiger partial charge in [-0.1, -0.05) is 43.7 Å². The quantitative estimate of drug-likeness (QED) is 0.672. The van der Waals surface area contributed by atoms with Gasteiger partial charge in [0.15, 0.2) is 0 Å². The Hall–Kier alpha value is -0.920. The molecule has 2 heteroatoms. The molecule has 14 heavy (non-hydrogen) atoms. The minimum atomic E-state index is -2.58. The van der Waals surface area contributed by atoms with E-state index in [2.05, 4.69) is 6.92 Å². The highest BCUT2D eigenvalue weighted by Gasteiger charge is 2.27. The highest BCUT2D eigenvalue weighted by molar-refractivity contribution is 5.16. The molecule has 1 radical (unpaired) electrons. The minimum absolute atomic E-state index is 0.0641. The summed E-state index contributed by atoms with van der Waals surface area (Å²) >= 11 is 0. The fraction of sp³-hybridized carbons (Fsp3) is 0.417. The van der Waals surface area contributed by atoms with E-state index in [1.54, 1.807) is 24.3 Å². The molecule has 0 spiro atoms. The SMILES string of the molecule is [CH2]CCCC(F)(F)Cc1ccccc1. The third-order valence-electron chi connectivity index (χ3n) is 2.10. The van der Waals surface area contributed by atoms with Gasteiger partial charge in [0, 0.05) is 12.8 Å². The molecule has 0 fully saturated rings. The molecule has 0 N–H and O–H groups in total. The van der Waals surface area contributed by atoms with Crippen LogP contribution in [-0.2, 0) is 6.42 Å². The largest absolute Gasteiger partial charge is 0.252 e. The fourth-order valence-electron chi connectivity index (χ4n) is 1.37. The zero-order valence-electron chi connectivity index (χ0n) is 8.18. The molecule has 0 unspecified atom stereocenters. The van der Waals surface area contributed by atoms with Crippen LogP contribution in [0.2, 0.25) is 0 Å². The van der Waals surface area contributed by atoms with Crippen LogP contribution in [0.25, 0.3) is 0 Å². The lowest BCUT2D eigenvalue weighted by molar-refractivity contribution is -0.00871. The zero-order valence-corrected chi connectivity index (χ0v) is 8.18. The second-order valence-corrected chi connectivity index (χ2v) is 3.48. The summed E-state index contributed by atoms with van der Waals surface area (Å²) in [6, 6.07) is 8.87. The number of alkyl halides is 2. The first-order valence-electron chi connectivity index (χ1n) is 4.85. The summed E-state index contributed by atoms with van der Waals surface area (Å²) in [7, 11) is 0. The van der Waals surface area contributed by atoms with Crippen molar-refractivity contribution in [3.63, 3.8) is 0 Å². The van der Waals surface area contributed by atoms with Crippen molar-refractivity contribution >= 4 is 0 Å². The molecule has 0 aliphatic carbocycles. The van der Waals surface area contributed by atoms with Crippen LogP contribution in [-0.4, -0.2) is 5.92 Å². The van der Waals surface area contributed by atoms with Crippen LogP contribution in [0.3, 0.4) is 0 Å². The molecule has 0 aliphatic rings. The first kappa shape index (κ1) is 11.2. The highest BCUT2D eigenvalue weighted by atomic mass is 19.3. The van der Waals surface area contributed by atoms with Gasteiger partial charge in [0.25, 0.3) is 5.92 Å². The lowest BCUT2D eigenvalue weighted by Crippen LogP contribution is -2.19. The summed E-state index contributed by atoms with van der Waals surface area (Å²) in [6.07, 6.45) is 0.837. The molecule has 1 aromatic carbocycles. The van der Waals surface area contributed by atoms with Gasteiger partial charge in [0.1, 0.15) is 0 Å². The van der Waals surface area contributed by atoms with Crippen LogP contribution in [0.4, 0.5) is 8.78 Å². The second-order valence-electron chi connectivity index (χ2n) is 3.48. The van der Waals surface area contributed by atoms with Gasteiger partial charge in [-0.2, -0.15) is 0 Å². The van der Waals surface area contributed by atoms with E-state index in [1.807, 2.05) is 6.07 Å². The van der Waals surface area contributed by atoms with Gasteiger partial charge in [-0.25, -0.2) is 8.78 Å². The first-order valence-corrected chi connectivity index (χ1v) is 4.85. The lowest BCUT2D eigenvalue weighted by Gasteiger charge is -2.15. The number of hydrogen-bond donors (Lipinski definition) is 0. The summed E-state index contributed by atoms with van der Waals surface area (Å²) in [5.41, 5.74) is 0.696. The third-order valence-corrected chi connectivity index (χ3v) is 2.10. The van der Waals surface area contributed by atoms with Crippen LogP contribution < -0.4 is 0 Å². The molecular formula is C12H15F2. The Kier molecular flexibility index (Phi) is 4.05. The Morgan fingerprint density at radius 1 is 1.14 bits per heavy atom. The van der Waals surface area contributed by atoms with Gasteiger partial charge in [-0.3, -0.25) is 0 Å². The Morgan fingerprint density at radius 2 is 1.79 bits per heavy atom. The summed E-state index contributed by atoms with van der Waals surface area (Å²) in [5, 5.41) is 0.